The fourth-order valence-corrected chi connectivity index (χ4v) is 2.22. The first-order chi connectivity index (χ1) is 8.69. The summed E-state index contributed by atoms with van der Waals surface area (Å²) in [5, 5.41) is 0.484. The maximum absolute atomic E-state index is 6.14. The third-order valence-electron chi connectivity index (χ3n) is 2.88. The Kier molecular flexibility index (Phi) is 2.65. The molecule has 0 bridgehead atoms. The number of rotatable bonds is 2. The van der Waals surface area contributed by atoms with Gasteiger partial charge in [0.05, 0.1) is 6.54 Å². The lowest BCUT2D eigenvalue weighted by Crippen LogP contribution is -1.97. The molecule has 0 unspecified atom stereocenters. The Morgan fingerprint density at radius 2 is 2.11 bits per heavy atom. The van der Waals surface area contributed by atoms with E-state index in [1.807, 2.05) is 19.1 Å². The number of benzene rings is 1. The van der Waals surface area contributed by atoms with E-state index in [4.69, 9.17) is 26.8 Å². The van der Waals surface area contributed by atoms with Crippen LogP contribution in [-0.4, -0.2) is 16.8 Å². The molecule has 1 aliphatic heterocycles. The summed E-state index contributed by atoms with van der Waals surface area (Å²) in [6, 6.07) is 3.81. The van der Waals surface area contributed by atoms with Crippen LogP contribution in [0.5, 0.6) is 11.5 Å². The molecule has 1 aliphatic rings. The van der Waals surface area contributed by atoms with Gasteiger partial charge in [0, 0.05) is 5.56 Å². The molecule has 6 heteroatoms. The van der Waals surface area contributed by atoms with Gasteiger partial charge in [-0.15, -0.1) is 0 Å². The van der Waals surface area contributed by atoms with E-state index < -0.39 is 0 Å². The summed E-state index contributed by atoms with van der Waals surface area (Å²) in [6.45, 7) is 2.55. The molecular weight excluding hydrogens is 254 g/mol. The van der Waals surface area contributed by atoms with Gasteiger partial charge in [-0.25, -0.2) is 4.98 Å². The zero-order chi connectivity index (χ0) is 12.7. The van der Waals surface area contributed by atoms with Crippen molar-refractivity contribution in [2.45, 2.75) is 13.5 Å². The Hall–Kier alpha value is -1.72. The number of ether oxygens (including phenoxy) is 2. The normalized spacial score (nSPS) is 13.1. The minimum atomic E-state index is 0.251. The number of aromatic nitrogens is 2. The number of H-pyrrole nitrogens is 1. The van der Waals surface area contributed by atoms with Gasteiger partial charge in [0.15, 0.2) is 11.5 Å². The minimum Gasteiger partial charge on any atom is -0.454 e. The smallest absolute Gasteiger partial charge is 0.231 e. The Labute approximate surface area is 109 Å². The van der Waals surface area contributed by atoms with E-state index >= 15 is 0 Å². The van der Waals surface area contributed by atoms with Gasteiger partial charge in [0.1, 0.15) is 16.7 Å². The van der Waals surface area contributed by atoms with Crippen molar-refractivity contribution in [1.29, 1.82) is 0 Å². The van der Waals surface area contributed by atoms with E-state index in [1.165, 1.54) is 0 Å². The molecule has 0 fully saturated rings. The maximum Gasteiger partial charge on any atom is 0.231 e. The zero-order valence-electron chi connectivity index (χ0n) is 9.79. The predicted octanol–water partition coefficient (Wildman–Crippen LogP) is 2.23. The molecule has 0 saturated heterocycles. The van der Waals surface area contributed by atoms with Gasteiger partial charge >= 0.3 is 0 Å². The van der Waals surface area contributed by atoms with Crippen molar-refractivity contribution >= 4 is 11.6 Å². The predicted molar refractivity (Wildman–Crippen MR) is 67.8 cm³/mol. The Morgan fingerprint density at radius 1 is 1.39 bits per heavy atom. The van der Waals surface area contributed by atoms with Gasteiger partial charge in [-0.05, 0) is 24.6 Å². The molecule has 3 N–H and O–H groups in total. The van der Waals surface area contributed by atoms with Gasteiger partial charge < -0.3 is 20.2 Å². The van der Waals surface area contributed by atoms with Crippen molar-refractivity contribution in [3.8, 4) is 22.8 Å². The first-order valence-electron chi connectivity index (χ1n) is 5.54. The summed E-state index contributed by atoms with van der Waals surface area (Å²) in [4.78, 5) is 7.32. The number of imidazole rings is 1. The summed E-state index contributed by atoms with van der Waals surface area (Å²) in [7, 11) is 0. The van der Waals surface area contributed by atoms with Crippen LogP contribution < -0.4 is 15.2 Å². The number of nitrogens with one attached hydrogen (secondary N) is 1. The maximum atomic E-state index is 6.14. The highest BCUT2D eigenvalue weighted by Gasteiger charge is 2.19. The third kappa shape index (κ3) is 1.72. The van der Waals surface area contributed by atoms with E-state index in [1.54, 1.807) is 0 Å². The van der Waals surface area contributed by atoms with Crippen LogP contribution in [0.25, 0.3) is 11.3 Å². The molecular formula is C12H12ClN3O2. The van der Waals surface area contributed by atoms with E-state index in [0.29, 0.717) is 29.0 Å². The highest BCUT2D eigenvalue weighted by Crippen LogP contribution is 2.39. The van der Waals surface area contributed by atoms with Gasteiger partial charge in [-0.1, -0.05) is 11.6 Å². The van der Waals surface area contributed by atoms with E-state index in [2.05, 4.69) is 9.97 Å². The lowest BCUT2D eigenvalue weighted by Gasteiger charge is -2.05. The lowest BCUT2D eigenvalue weighted by molar-refractivity contribution is 0.174. The van der Waals surface area contributed by atoms with Crippen LogP contribution >= 0.6 is 11.6 Å². The molecule has 1 aromatic carbocycles. The second kappa shape index (κ2) is 4.19. The standard InChI is InChI=1S/C12H12ClN3O2/c1-6-2-8-9(18-5-17-8)3-7(6)11-12(13)16-10(4-14)15-11/h2-3H,4-5,14H2,1H3,(H,15,16). The molecule has 2 aromatic rings. The Balaban J connectivity index is 2.13. The highest BCUT2D eigenvalue weighted by atomic mass is 35.5. The number of hydrogen-bond donors (Lipinski definition) is 2. The SMILES string of the molecule is Cc1cc2c(cc1-c1nc(CN)[nH]c1Cl)OCO2. The van der Waals surface area contributed by atoms with Crippen molar-refractivity contribution in [3.63, 3.8) is 0 Å². The first kappa shape index (κ1) is 11.4. The van der Waals surface area contributed by atoms with Crippen molar-refractivity contribution in [3.05, 3.63) is 28.7 Å². The number of aromatic amines is 1. The molecule has 1 aromatic heterocycles. The van der Waals surface area contributed by atoms with Crippen LogP contribution in [-0.2, 0) is 6.54 Å². The molecule has 0 aliphatic carbocycles. The molecule has 0 amide bonds. The van der Waals surface area contributed by atoms with Crippen LogP contribution in [0.1, 0.15) is 11.4 Å². The molecule has 2 heterocycles. The monoisotopic (exact) mass is 265 g/mol. The van der Waals surface area contributed by atoms with Gasteiger partial charge in [-0.2, -0.15) is 0 Å². The molecule has 0 atom stereocenters. The summed E-state index contributed by atoms with van der Waals surface area (Å²) in [5.41, 5.74) is 8.17. The van der Waals surface area contributed by atoms with Crippen LogP contribution in [0.4, 0.5) is 0 Å². The minimum absolute atomic E-state index is 0.251. The fourth-order valence-electron chi connectivity index (χ4n) is 1.97. The number of fused-ring (bicyclic) bond motifs is 1. The third-order valence-corrected chi connectivity index (χ3v) is 3.15. The van der Waals surface area contributed by atoms with Gasteiger partial charge in [0.25, 0.3) is 0 Å². The molecule has 94 valence electrons. The second-order valence-electron chi connectivity index (χ2n) is 4.07. The van der Waals surface area contributed by atoms with Crippen molar-refractivity contribution in [2.75, 3.05) is 6.79 Å². The summed E-state index contributed by atoms with van der Waals surface area (Å²) >= 11 is 6.14. The van der Waals surface area contributed by atoms with E-state index in [-0.39, 0.29) is 6.79 Å². The number of hydrogen-bond acceptors (Lipinski definition) is 4. The number of nitrogens with zero attached hydrogens (tertiary/aromatic N) is 1. The topological polar surface area (TPSA) is 73.2 Å². The fraction of sp³-hybridized carbons (Fsp3) is 0.250. The van der Waals surface area contributed by atoms with Crippen molar-refractivity contribution < 1.29 is 9.47 Å². The number of halogens is 1. The largest absolute Gasteiger partial charge is 0.454 e. The average Bonchev–Trinajstić information content (AvgIpc) is 2.93. The lowest BCUT2D eigenvalue weighted by atomic mass is 10.1. The van der Waals surface area contributed by atoms with Gasteiger partial charge in [0.2, 0.25) is 6.79 Å². The van der Waals surface area contributed by atoms with Crippen LogP contribution in [0, 0.1) is 6.92 Å². The molecule has 3 rings (SSSR count). The molecule has 0 radical (unpaired) electrons. The molecule has 0 spiro atoms. The average molecular weight is 266 g/mol. The van der Waals surface area contributed by atoms with Crippen molar-refractivity contribution in [1.82, 2.24) is 9.97 Å². The molecule has 0 saturated carbocycles. The van der Waals surface area contributed by atoms with E-state index in [0.717, 1.165) is 16.9 Å². The molecule has 18 heavy (non-hydrogen) atoms. The number of aryl methyl sites for hydroxylation is 1. The quantitative estimate of drug-likeness (QED) is 0.873. The van der Waals surface area contributed by atoms with Crippen molar-refractivity contribution in [2.24, 2.45) is 5.73 Å². The van der Waals surface area contributed by atoms with E-state index in [9.17, 15) is 0 Å². The van der Waals surface area contributed by atoms with Crippen LogP contribution in [0.2, 0.25) is 5.15 Å². The highest BCUT2D eigenvalue weighted by molar-refractivity contribution is 6.32. The second-order valence-corrected chi connectivity index (χ2v) is 4.45. The first-order valence-corrected chi connectivity index (χ1v) is 5.92. The van der Waals surface area contributed by atoms with Crippen LogP contribution in [0.3, 0.4) is 0 Å². The summed E-state index contributed by atoms with van der Waals surface area (Å²) in [5.74, 6) is 2.12. The number of nitrogens with two attached hydrogens (primary N) is 1. The Bertz CT molecular complexity index is 610. The zero-order valence-corrected chi connectivity index (χ0v) is 10.5. The summed E-state index contributed by atoms with van der Waals surface area (Å²) in [6.07, 6.45) is 0. The van der Waals surface area contributed by atoms with Crippen LogP contribution in [0.15, 0.2) is 12.1 Å². The van der Waals surface area contributed by atoms with Gasteiger partial charge in [-0.3, -0.25) is 0 Å². The Morgan fingerprint density at radius 3 is 2.78 bits per heavy atom. The molecule has 5 nitrogen and oxygen atoms in total. The summed E-state index contributed by atoms with van der Waals surface area (Å²) < 4.78 is 10.7.